The second-order valence-corrected chi connectivity index (χ2v) is 3.70. The summed E-state index contributed by atoms with van der Waals surface area (Å²) in [5.74, 6) is 1.74. The van der Waals surface area contributed by atoms with Gasteiger partial charge in [0.15, 0.2) is 0 Å². The van der Waals surface area contributed by atoms with Gasteiger partial charge >= 0.3 is 0 Å². The summed E-state index contributed by atoms with van der Waals surface area (Å²) in [5.41, 5.74) is 0.661. The van der Waals surface area contributed by atoms with Crippen molar-refractivity contribution in [3.8, 4) is 6.07 Å². The first-order valence-electron chi connectivity index (χ1n) is 4.98. The lowest BCUT2D eigenvalue weighted by Gasteiger charge is -2.03. The maximum absolute atomic E-state index is 8.68. The largest absolute Gasteiger partial charge is 0.370 e. The molecule has 0 bridgehead atoms. The average molecular weight is 187 g/mol. The van der Waals surface area contributed by atoms with Crippen LogP contribution in [0.4, 0.5) is 5.82 Å². The molecule has 1 fully saturated rings. The number of rotatable bonds is 4. The molecule has 1 aromatic heterocycles. The van der Waals surface area contributed by atoms with Gasteiger partial charge in [-0.2, -0.15) is 5.26 Å². The van der Waals surface area contributed by atoms with Crippen molar-refractivity contribution < 1.29 is 0 Å². The summed E-state index contributed by atoms with van der Waals surface area (Å²) in [7, 11) is 0. The van der Waals surface area contributed by atoms with E-state index in [9.17, 15) is 0 Å². The van der Waals surface area contributed by atoms with Crippen LogP contribution in [0.1, 0.15) is 24.8 Å². The fourth-order valence-electron chi connectivity index (χ4n) is 1.41. The molecule has 0 atom stereocenters. The molecule has 1 aromatic rings. The molecule has 0 spiro atoms. The van der Waals surface area contributed by atoms with E-state index < -0.39 is 0 Å². The van der Waals surface area contributed by atoms with E-state index in [0.29, 0.717) is 5.56 Å². The second kappa shape index (κ2) is 4.10. The number of nitrogens with zero attached hydrogens (tertiary/aromatic N) is 2. The van der Waals surface area contributed by atoms with Crippen LogP contribution >= 0.6 is 0 Å². The zero-order valence-corrected chi connectivity index (χ0v) is 8.03. The summed E-state index contributed by atoms with van der Waals surface area (Å²) in [6, 6.07) is 5.60. The number of nitrogens with one attached hydrogen (secondary N) is 1. The van der Waals surface area contributed by atoms with Gasteiger partial charge in [-0.1, -0.05) is 12.8 Å². The molecule has 1 saturated carbocycles. The molecule has 0 radical (unpaired) electrons. The van der Waals surface area contributed by atoms with Crippen LogP contribution in [-0.2, 0) is 0 Å². The topological polar surface area (TPSA) is 48.7 Å². The quantitative estimate of drug-likeness (QED) is 0.785. The average Bonchev–Trinajstić information content (AvgIpc) is 3.02. The van der Waals surface area contributed by atoms with Crippen LogP contribution in [0.5, 0.6) is 0 Å². The van der Waals surface area contributed by atoms with E-state index >= 15 is 0 Å². The molecule has 1 N–H and O–H groups in total. The number of hydrogen-bond donors (Lipinski definition) is 1. The predicted octanol–water partition coefficient (Wildman–Crippen LogP) is 2.17. The van der Waals surface area contributed by atoms with Crippen LogP contribution in [0.15, 0.2) is 18.3 Å². The van der Waals surface area contributed by atoms with E-state index in [1.54, 1.807) is 18.3 Å². The molecule has 1 aliphatic carbocycles. The van der Waals surface area contributed by atoms with E-state index in [1.165, 1.54) is 19.3 Å². The predicted molar refractivity (Wildman–Crippen MR) is 54.8 cm³/mol. The molecule has 72 valence electrons. The molecule has 0 amide bonds. The maximum Gasteiger partial charge on any atom is 0.127 e. The zero-order valence-electron chi connectivity index (χ0n) is 8.03. The normalized spacial score (nSPS) is 14.8. The van der Waals surface area contributed by atoms with Crippen molar-refractivity contribution in [2.75, 3.05) is 11.9 Å². The maximum atomic E-state index is 8.68. The molecular formula is C11H13N3. The number of pyridine rings is 1. The Hall–Kier alpha value is -1.56. The molecule has 0 aliphatic heterocycles. The number of hydrogen-bond acceptors (Lipinski definition) is 3. The van der Waals surface area contributed by atoms with Crippen LogP contribution in [0.2, 0.25) is 0 Å². The molecule has 2 rings (SSSR count). The summed E-state index contributed by atoms with van der Waals surface area (Å²) < 4.78 is 0. The Bertz CT molecular complexity index is 350. The van der Waals surface area contributed by atoms with E-state index in [4.69, 9.17) is 5.26 Å². The van der Waals surface area contributed by atoms with Gasteiger partial charge in [0, 0.05) is 12.7 Å². The second-order valence-electron chi connectivity index (χ2n) is 3.70. The van der Waals surface area contributed by atoms with Gasteiger partial charge in [-0.25, -0.2) is 4.98 Å². The molecule has 0 unspecified atom stereocenters. The Morgan fingerprint density at radius 2 is 2.43 bits per heavy atom. The van der Waals surface area contributed by atoms with Crippen LogP contribution in [0.25, 0.3) is 0 Å². The monoisotopic (exact) mass is 187 g/mol. The number of aromatic nitrogens is 1. The Morgan fingerprint density at radius 1 is 1.57 bits per heavy atom. The highest BCUT2D eigenvalue weighted by molar-refractivity contribution is 5.42. The van der Waals surface area contributed by atoms with Crippen molar-refractivity contribution in [2.24, 2.45) is 5.92 Å². The summed E-state index contributed by atoms with van der Waals surface area (Å²) in [6.45, 7) is 0.965. The first-order valence-corrected chi connectivity index (χ1v) is 4.98. The van der Waals surface area contributed by atoms with Crippen LogP contribution < -0.4 is 5.32 Å². The van der Waals surface area contributed by atoms with Gasteiger partial charge in [0.25, 0.3) is 0 Å². The smallest absolute Gasteiger partial charge is 0.127 e. The van der Waals surface area contributed by atoms with Gasteiger partial charge in [0.1, 0.15) is 5.82 Å². The van der Waals surface area contributed by atoms with Crippen molar-refractivity contribution in [1.82, 2.24) is 4.98 Å². The molecule has 1 heterocycles. The summed E-state index contributed by atoms with van der Waals surface area (Å²) in [6.07, 6.45) is 5.65. The lowest BCUT2D eigenvalue weighted by Crippen LogP contribution is -2.03. The number of anilines is 1. The highest BCUT2D eigenvalue weighted by Gasteiger charge is 2.20. The first-order chi connectivity index (χ1) is 6.88. The Morgan fingerprint density at radius 3 is 3.14 bits per heavy atom. The highest BCUT2D eigenvalue weighted by atomic mass is 15.0. The van der Waals surface area contributed by atoms with Crippen LogP contribution in [0.3, 0.4) is 0 Å². The SMILES string of the molecule is N#Cc1ccnc(NCCC2CC2)c1. The lowest BCUT2D eigenvalue weighted by molar-refractivity contribution is 0.758. The summed E-state index contributed by atoms with van der Waals surface area (Å²) >= 11 is 0. The van der Waals surface area contributed by atoms with E-state index in [2.05, 4.69) is 16.4 Å². The van der Waals surface area contributed by atoms with Crippen molar-refractivity contribution >= 4 is 5.82 Å². The minimum absolute atomic E-state index is 0.661. The Kier molecular flexibility index (Phi) is 2.64. The summed E-state index contributed by atoms with van der Waals surface area (Å²) in [5, 5.41) is 11.9. The lowest BCUT2D eigenvalue weighted by atomic mass is 10.2. The molecular weight excluding hydrogens is 174 g/mol. The van der Waals surface area contributed by atoms with E-state index in [0.717, 1.165) is 18.3 Å². The molecule has 3 nitrogen and oxygen atoms in total. The van der Waals surface area contributed by atoms with E-state index in [1.807, 2.05) is 0 Å². The van der Waals surface area contributed by atoms with Crippen molar-refractivity contribution in [3.63, 3.8) is 0 Å². The number of nitriles is 1. The van der Waals surface area contributed by atoms with E-state index in [-0.39, 0.29) is 0 Å². The summed E-state index contributed by atoms with van der Waals surface area (Å²) in [4.78, 5) is 4.14. The van der Waals surface area contributed by atoms with Gasteiger partial charge in [-0.05, 0) is 24.5 Å². The highest BCUT2D eigenvalue weighted by Crippen LogP contribution is 2.31. The third-order valence-electron chi connectivity index (χ3n) is 2.44. The first kappa shape index (κ1) is 9.01. The van der Waals surface area contributed by atoms with Gasteiger partial charge in [0.2, 0.25) is 0 Å². The van der Waals surface area contributed by atoms with Crippen molar-refractivity contribution in [3.05, 3.63) is 23.9 Å². The standard InChI is InChI=1S/C11H13N3/c12-8-10-4-6-14-11(7-10)13-5-3-9-1-2-9/h4,6-7,9H,1-3,5H2,(H,13,14). The van der Waals surface area contributed by atoms with Gasteiger partial charge < -0.3 is 5.32 Å². The zero-order chi connectivity index (χ0) is 9.80. The third-order valence-corrected chi connectivity index (χ3v) is 2.44. The molecule has 3 heteroatoms. The van der Waals surface area contributed by atoms with Crippen molar-refractivity contribution in [1.29, 1.82) is 5.26 Å². The van der Waals surface area contributed by atoms with Gasteiger partial charge in [-0.3, -0.25) is 0 Å². The minimum Gasteiger partial charge on any atom is -0.370 e. The molecule has 1 aliphatic rings. The molecule has 0 aromatic carbocycles. The molecule has 0 saturated heterocycles. The molecule has 14 heavy (non-hydrogen) atoms. The van der Waals surface area contributed by atoms with Gasteiger partial charge in [-0.15, -0.1) is 0 Å². The Labute approximate surface area is 83.8 Å². The minimum atomic E-state index is 0.661. The van der Waals surface area contributed by atoms with Gasteiger partial charge in [0.05, 0.1) is 11.6 Å². The van der Waals surface area contributed by atoms with Crippen LogP contribution in [0, 0.1) is 17.2 Å². The fraction of sp³-hybridized carbons (Fsp3) is 0.455. The fourth-order valence-corrected chi connectivity index (χ4v) is 1.41. The third kappa shape index (κ3) is 2.46. The van der Waals surface area contributed by atoms with Crippen LogP contribution in [-0.4, -0.2) is 11.5 Å². The Balaban J connectivity index is 1.85. The van der Waals surface area contributed by atoms with Crippen molar-refractivity contribution in [2.45, 2.75) is 19.3 Å².